The molecule has 18 heavy (non-hydrogen) atoms. The zero-order valence-corrected chi connectivity index (χ0v) is 11.4. The third-order valence-corrected chi connectivity index (χ3v) is 1.32. The molecule has 0 atom stereocenters. The van der Waals surface area contributed by atoms with Crippen LogP contribution in [0.25, 0.3) is 0 Å². The van der Waals surface area contributed by atoms with Gasteiger partial charge in [0, 0.05) is 13.2 Å². The molecule has 0 heterocycles. The van der Waals surface area contributed by atoms with E-state index in [4.69, 9.17) is 29.6 Å². The Kier molecular flexibility index (Phi) is 26.7. The summed E-state index contributed by atoms with van der Waals surface area (Å²) in [5, 5.41) is 24.0. The van der Waals surface area contributed by atoms with Crippen LogP contribution in [0.2, 0.25) is 0 Å². The quantitative estimate of drug-likeness (QED) is 0.344. The molecule has 0 aromatic carbocycles. The molecule has 0 rings (SSSR count). The van der Waals surface area contributed by atoms with E-state index in [0.29, 0.717) is 6.29 Å². The van der Waals surface area contributed by atoms with Crippen LogP contribution in [0, 0.1) is 0 Å². The van der Waals surface area contributed by atoms with Gasteiger partial charge in [0.25, 0.3) is 0 Å². The van der Waals surface area contributed by atoms with E-state index in [1.54, 1.807) is 0 Å². The number of ether oxygens (including phenoxy) is 2. The highest BCUT2D eigenvalue weighted by Crippen LogP contribution is 1.90. The first kappa shape index (κ1) is 22.4. The highest BCUT2D eigenvalue weighted by Gasteiger charge is 1.95. The number of carbonyl (C=O) groups excluding carboxylic acids is 1. The number of aldehydes is 1. The summed E-state index contributed by atoms with van der Waals surface area (Å²) < 4.78 is 10.1. The van der Waals surface area contributed by atoms with Crippen LogP contribution in [-0.2, 0) is 14.3 Å². The van der Waals surface area contributed by atoms with Crippen LogP contribution in [0.1, 0.15) is 20.8 Å². The summed E-state index contributed by atoms with van der Waals surface area (Å²) in [6, 6.07) is 0. The van der Waals surface area contributed by atoms with Gasteiger partial charge in [0.1, 0.15) is 12.4 Å². The van der Waals surface area contributed by atoms with Gasteiger partial charge in [0.2, 0.25) is 0 Å². The topological polar surface area (TPSA) is 96.2 Å². The van der Waals surface area contributed by atoms with Crippen LogP contribution in [0.15, 0.2) is 12.7 Å². The van der Waals surface area contributed by atoms with Crippen molar-refractivity contribution in [2.75, 3.05) is 26.4 Å². The lowest BCUT2D eigenvalue weighted by molar-refractivity contribution is -0.123. The van der Waals surface area contributed by atoms with E-state index >= 15 is 0 Å². The van der Waals surface area contributed by atoms with Crippen LogP contribution < -0.4 is 0 Å². The third-order valence-electron chi connectivity index (χ3n) is 1.32. The second-order valence-corrected chi connectivity index (χ2v) is 2.87. The second-order valence-electron chi connectivity index (χ2n) is 2.87. The molecule has 0 aromatic rings. The summed E-state index contributed by atoms with van der Waals surface area (Å²) in [5.41, 5.74) is 0. The van der Waals surface area contributed by atoms with Crippen molar-refractivity contribution in [3.05, 3.63) is 12.7 Å². The zero-order chi connectivity index (χ0) is 14.8. The lowest BCUT2D eigenvalue weighted by Crippen LogP contribution is -2.15. The van der Waals surface area contributed by atoms with Crippen LogP contribution in [0.3, 0.4) is 0 Å². The Morgan fingerprint density at radius 2 is 1.50 bits per heavy atom. The first-order valence-corrected chi connectivity index (χ1v) is 5.72. The molecular formula is C12H26O6. The van der Waals surface area contributed by atoms with Crippen molar-refractivity contribution in [3.63, 3.8) is 0 Å². The Hall–Kier alpha value is -0.790. The molecule has 0 saturated heterocycles. The van der Waals surface area contributed by atoms with Gasteiger partial charge >= 0.3 is 0 Å². The minimum Gasteiger partial charge on any atom is -0.394 e. The summed E-state index contributed by atoms with van der Waals surface area (Å²) in [6.07, 6.45) is 0.843. The molecule has 0 aliphatic heterocycles. The van der Waals surface area contributed by atoms with Crippen molar-refractivity contribution in [2.45, 2.75) is 33.2 Å². The Morgan fingerprint density at radius 3 is 1.61 bits per heavy atom. The molecule has 6 heteroatoms. The van der Waals surface area contributed by atoms with Crippen molar-refractivity contribution < 1.29 is 29.6 Å². The Labute approximate surface area is 109 Å². The Bertz CT molecular complexity index is 147. The van der Waals surface area contributed by atoms with Crippen LogP contribution >= 0.6 is 0 Å². The van der Waals surface area contributed by atoms with Crippen LogP contribution in [-0.4, -0.2) is 60.4 Å². The maximum absolute atomic E-state index is 9.06. The first-order chi connectivity index (χ1) is 8.53. The largest absolute Gasteiger partial charge is 0.394 e. The third kappa shape index (κ3) is 29.5. The van der Waals surface area contributed by atoms with Gasteiger partial charge in [-0.05, 0) is 26.8 Å². The van der Waals surface area contributed by atoms with Gasteiger partial charge in [-0.3, -0.25) is 4.79 Å². The molecule has 0 bridgehead atoms. The standard InChI is InChI=1S/C6H14O2.C3H8O3.C3H4O/c1-4-7-6(3)8-5-2;4-1-3(6)2-5;1-2-3-4/h6H,4-5H2,1-3H3;3-6H,1-2H2;2-3H,1H2. The number of rotatable bonds is 7. The normalized spacial score (nSPS) is 9.11. The molecule has 0 spiro atoms. The summed E-state index contributed by atoms with van der Waals surface area (Å²) in [6.45, 7) is 9.63. The van der Waals surface area contributed by atoms with Gasteiger partial charge in [-0.1, -0.05) is 6.58 Å². The highest BCUT2D eigenvalue weighted by atomic mass is 16.7. The van der Waals surface area contributed by atoms with Gasteiger partial charge in [0.15, 0.2) is 6.29 Å². The molecule has 0 unspecified atom stereocenters. The smallest absolute Gasteiger partial charge is 0.154 e. The maximum atomic E-state index is 9.06. The number of carbonyl (C=O) groups is 1. The van der Waals surface area contributed by atoms with Crippen molar-refractivity contribution >= 4 is 6.29 Å². The molecule has 110 valence electrons. The van der Waals surface area contributed by atoms with E-state index in [1.807, 2.05) is 20.8 Å². The zero-order valence-electron chi connectivity index (χ0n) is 11.4. The molecular weight excluding hydrogens is 240 g/mol. The number of hydrogen-bond acceptors (Lipinski definition) is 6. The van der Waals surface area contributed by atoms with Crippen molar-refractivity contribution in [1.29, 1.82) is 0 Å². The van der Waals surface area contributed by atoms with Gasteiger partial charge in [-0.15, -0.1) is 0 Å². The van der Waals surface area contributed by atoms with E-state index in [0.717, 1.165) is 13.2 Å². The van der Waals surface area contributed by atoms with Crippen molar-refractivity contribution in [2.24, 2.45) is 0 Å². The fraction of sp³-hybridized carbons (Fsp3) is 0.750. The van der Waals surface area contributed by atoms with Crippen LogP contribution in [0.4, 0.5) is 0 Å². The van der Waals surface area contributed by atoms with E-state index < -0.39 is 6.10 Å². The summed E-state index contributed by atoms with van der Waals surface area (Å²) in [5.74, 6) is 0. The summed E-state index contributed by atoms with van der Waals surface area (Å²) >= 11 is 0. The molecule has 0 saturated carbocycles. The van der Waals surface area contributed by atoms with Gasteiger partial charge in [0.05, 0.1) is 13.2 Å². The minimum absolute atomic E-state index is 0.0370. The van der Waals surface area contributed by atoms with E-state index in [2.05, 4.69) is 6.58 Å². The fourth-order valence-corrected chi connectivity index (χ4v) is 0.575. The molecule has 0 aliphatic carbocycles. The SMILES string of the molecule is C=CC=O.CCOC(C)OCC.OCC(O)CO. The predicted molar refractivity (Wildman–Crippen MR) is 69.2 cm³/mol. The van der Waals surface area contributed by atoms with E-state index in [9.17, 15) is 0 Å². The van der Waals surface area contributed by atoms with Gasteiger partial charge in [-0.2, -0.15) is 0 Å². The molecule has 6 nitrogen and oxygen atoms in total. The molecule has 0 radical (unpaired) electrons. The monoisotopic (exact) mass is 266 g/mol. The number of aliphatic hydroxyl groups is 3. The van der Waals surface area contributed by atoms with Gasteiger partial charge < -0.3 is 24.8 Å². The van der Waals surface area contributed by atoms with E-state index in [1.165, 1.54) is 6.08 Å². The molecule has 0 aliphatic rings. The number of aliphatic hydroxyl groups excluding tert-OH is 3. The fourth-order valence-electron chi connectivity index (χ4n) is 0.575. The van der Waals surface area contributed by atoms with Crippen molar-refractivity contribution in [1.82, 2.24) is 0 Å². The lowest BCUT2D eigenvalue weighted by atomic mass is 10.4. The average Bonchev–Trinajstić information content (AvgIpc) is 2.39. The number of allylic oxidation sites excluding steroid dienone is 1. The average molecular weight is 266 g/mol. The lowest BCUT2D eigenvalue weighted by Gasteiger charge is -2.09. The summed E-state index contributed by atoms with van der Waals surface area (Å²) in [4.78, 5) is 9.06. The Balaban J connectivity index is -0.000000200. The summed E-state index contributed by atoms with van der Waals surface area (Å²) in [7, 11) is 0. The molecule has 0 amide bonds. The maximum Gasteiger partial charge on any atom is 0.154 e. The predicted octanol–water partition coefficient (Wildman–Crippen LogP) is 0.109. The minimum atomic E-state index is -0.954. The van der Waals surface area contributed by atoms with Crippen LogP contribution in [0.5, 0.6) is 0 Å². The first-order valence-electron chi connectivity index (χ1n) is 5.72. The molecule has 0 fully saturated rings. The van der Waals surface area contributed by atoms with Crippen molar-refractivity contribution in [3.8, 4) is 0 Å². The Morgan fingerprint density at radius 1 is 1.17 bits per heavy atom. The van der Waals surface area contributed by atoms with E-state index in [-0.39, 0.29) is 19.5 Å². The van der Waals surface area contributed by atoms with Gasteiger partial charge in [-0.25, -0.2) is 0 Å². The molecule has 3 N–H and O–H groups in total. The molecule has 0 aromatic heterocycles. The highest BCUT2D eigenvalue weighted by molar-refractivity contribution is 5.63. The second kappa shape index (κ2) is 21.5. The number of hydrogen-bond donors (Lipinski definition) is 3.